The summed E-state index contributed by atoms with van der Waals surface area (Å²) in [4.78, 5) is 16.2. The van der Waals surface area contributed by atoms with Crippen molar-refractivity contribution in [2.45, 2.75) is 11.8 Å². The van der Waals surface area contributed by atoms with Crippen LogP contribution in [0.3, 0.4) is 0 Å². The molecule has 1 aromatic heterocycles. The Labute approximate surface area is 165 Å². The number of aryl methyl sites for hydroxylation is 1. The smallest absolute Gasteiger partial charge is 0.264 e. The van der Waals surface area contributed by atoms with E-state index in [1.54, 1.807) is 17.0 Å². The molecule has 140 valence electrons. The van der Waals surface area contributed by atoms with Crippen LogP contribution in [-0.4, -0.2) is 56.8 Å². The molecule has 0 saturated carbocycles. The lowest BCUT2D eigenvalue weighted by Gasteiger charge is -2.33. The van der Waals surface area contributed by atoms with Crippen LogP contribution in [0.25, 0.3) is 0 Å². The summed E-state index contributed by atoms with van der Waals surface area (Å²) < 4.78 is 32.9. The Morgan fingerprint density at radius 1 is 1.15 bits per heavy atom. The largest absolute Gasteiger partial charge is 0.496 e. The Hall–Kier alpha value is -1.42. The van der Waals surface area contributed by atoms with E-state index in [2.05, 4.69) is 15.9 Å². The van der Waals surface area contributed by atoms with Gasteiger partial charge in [0.15, 0.2) is 0 Å². The van der Waals surface area contributed by atoms with E-state index in [0.717, 1.165) is 4.88 Å². The van der Waals surface area contributed by atoms with Crippen molar-refractivity contribution in [3.63, 3.8) is 0 Å². The minimum absolute atomic E-state index is 0.0349. The number of piperazine rings is 1. The lowest BCUT2D eigenvalue weighted by molar-refractivity contribution is 0.0703. The molecule has 26 heavy (non-hydrogen) atoms. The van der Waals surface area contributed by atoms with E-state index < -0.39 is 10.0 Å². The fraction of sp³-hybridized carbons (Fsp3) is 0.353. The van der Waals surface area contributed by atoms with Crippen LogP contribution in [0.1, 0.15) is 14.5 Å². The van der Waals surface area contributed by atoms with Crippen molar-refractivity contribution in [2.24, 2.45) is 0 Å². The minimum Gasteiger partial charge on any atom is -0.496 e. The van der Waals surface area contributed by atoms with Gasteiger partial charge in [0.25, 0.3) is 5.91 Å². The Morgan fingerprint density at radius 3 is 2.38 bits per heavy atom. The van der Waals surface area contributed by atoms with E-state index in [9.17, 15) is 13.2 Å². The van der Waals surface area contributed by atoms with Crippen molar-refractivity contribution < 1.29 is 17.9 Å². The number of nitrogens with zero attached hydrogens (tertiary/aromatic N) is 2. The van der Waals surface area contributed by atoms with Crippen LogP contribution in [0, 0.1) is 6.92 Å². The molecule has 6 nitrogen and oxygen atoms in total. The summed E-state index contributed by atoms with van der Waals surface area (Å²) in [5.41, 5.74) is 0. The highest BCUT2D eigenvalue weighted by atomic mass is 79.9. The van der Waals surface area contributed by atoms with Gasteiger partial charge in [-0.1, -0.05) is 0 Å². The zero-order chi connectivity index (χ0) is 18.9. The van der Waals surface area contributed by atoms with Gasteiger partial charge in [-0.3, -0.25) is 4.79 Å². The van der Waals surface area contributed by atoms with E-state index in [1.807, 2.05) is 19.1 Å². The van der Waals surface area contributed by atoms with Crippen LogP contribution in [-0.2, 0) is 10.0 Å². The van der Waals surface area contributed by atoms with Crippen LogP contribution in [0.2, 0.25) is 0 Å². The molecule has 0 aliphatic carbocycles. The minimum atomic E-state index is -3.61. The summed E-state index contributed by atoms with van der Waals surface area (Å²) in [6.07, 6.45) is 0. The molecule has 0 spiro atoms. The van der Waals surface area contributed by atoms with E-state index >= 15 is 0 Å². The molecule has 3 rings (SSSR count). The van der Waals surface area contributed by atoms with Gasteiger partial charge in [0.2, 0.25) is 10.0 Å². The van der Waals surface area contributed by atoms with Gasteiger partial charge in [-0.15, -0.1) is 11.3 Å². The number of ether oxygens (including phenoxy) is 1. The van der Waals surface area contributed by atoms with Crippen molar-refractivity contribution in [3.05, 3.63) is 44.6 Å². The first-order chi connectivity index (χ1) is 12.3. The molecule has 0 N–H and O–H groups in total. The monoisotopic (exact) mass is 458 g/mol. The third kappa shape index (κ3) is 3.80. The second kappa shape index (κ2) is 7.67. The maximum Gasteiger partial charge on any atom is 0.264 e. The molecule has 1 aliphatic rings. The second-order valence-electron chi connectivity index (χ2n) is 5.90. The fourth-order valence-electron chi connectivity index (χ4n) is 2.79. The molecule has 2 heterocycles. The molecule has 0 atom stereocenters. The molecule has 0 bridgehead atoms. The molecule has 9 heteroatoms. The summed E-state index contributed by atoms with van der Waals surface area (Å²) in [6.45, 7) is 3.28. The van der Waals surface area contributed by atoms with Crippen LogP contribution in [0.4, 0.5) is 0 Å². The Balaban J connectivity index is 1.70. The van der Waals surface area contributed by atoms with Crippen LogP contribution >= 0.6 is 27.3 Å². The lowest BCUT2D eigenvalue weighted by atomic mass is 10.3. The van der Waals surface area contributed by atoms with Gasteiger partial charge in [-0.2, -0.15) is 4.31 Å². The first-order valence-electron chi connectivity index (χ1n) is 8.02. The summed E-state index contributed by atoms with van der Waals surface area (Å²) >= 11 is 4.78. The number of benzene rings is 1. The molecule has 1 fully saturated rings. The highest BCUT2D eigenvalue weighted by molar-refractivity contribution is 9.10. The molecule has 2 aromatic rings. The maximum atomic E-state index is 12.9. The Bertz CT molecular complexity index is 919. The van der Waals surface area contributed by atoms with E-state index in [0.29, 0.717) is 28.2 Å². The number of carbonyl (C=O) groups excluding carboxylic acids is 1. The van der Waals surface area contributed by atoms with Crippen molar-refractivity contribution in [3.8, 4) is 5.75 Å². The maximum absolute atomic E-state index is 12.9. The summed E-state index contributed by atoms with van der Waals surface area (Å²) in [5, 5.41) is 0. The molecule has 1 amide bonds. The number of halogens is 1. The van der Waals surface area contributed by atoms with Gasteiger partial charge in [0.1, 0.15) is 5.75 Å². The summed E-state index contributed by atoms with van der Waals surface area (Å²) in [7, 11) is -2.08. The molecule has 1 saturated heterocycles. The Morgan fingerprint density at radius 2 is 1.85 bits per heavy atom. The number of hydrogen-bond donors (Lipinski definition) is 0. The predicted octanol–water partition coefficient (Wildman–Crippen LogP) is 2.97. The third-order valence-electron chi connectivity index (χ3n) is 4.24. The van der Waals surface area contributed by atoms with Crippen molar-refractivity contribution in [1.29, 1.82) is 0 Å². The van der Waals surface area contributed by atoms with Crippen molar-refractivity contribution in [2.75, 3.05) is 33.3 Å². The third-order valence-corrected chi connectivity index (χ3v) is 7.74. The average molecular weight is 459 g/mol. The summed E-state index contributed by atoms with van der Waals surface area (Å²) in [5.74, 6) is 0.540. The number of thiophene rings is 1. The van der Waals surface area contributed by atoms with E-state index in [-0.39, 0.29) is 23.9 Å². The first kappa shape index (κ1) is 19.3. The van der Waals surface area contributed by atoms with Crippen LogP contribution in [0.15, 0.2) is 39.7 Å². The van der Waals surface area contributed by atoms with Gasteiger partial charge in [0, 0.05) is 31.1 Å². The van der Waals surface area contributed by atoms with Gasteiger partial charge in [-0.25, -0.2) is 8.42 Å². The standard InChI is InChI=1S/C17H19BrN2O4S2/c1-12-3-6-16(25-12)17(21)19-7-9-20(10-8-19)26(22,23)13-4-5-15(24-2)14(18)11-13/h3-6,11H,7-10H2,1-2H3. The van der Waals surface area contributed by atoms with Crippen LogP contribution < -0.4 is 4.74 Å². The molecular weight excluding hydrogens is 440 g/mol. The van der Waals surface area contributed by atoms with Crippen molar-refractivity contribution in [1.82, 2.24) is 9.21 Å². The molecule has 0 radical (unpaired) electrons. The number of carbonyl (C=O) groups is 1. The quantitative estimate of drug-likeness (QED) is 0.705. The topological polar surface area (TPSA) is 66.9 Å². The molecular formula is C17H19BrN2O4S2. The van der Waals surface area contributed by atoms with E-state index in [4.69, 9.17) is 4.74 Å². The normalized spacial score (nSPS) is 15.9. The number of amides is 1. The van der Waals surface area contributed by atoms with Crippen LogP contribution in [0.5, 0.6) is 5.75 Å². The number of methoxy groups -OCH3 is 1. The second-order valence-corrected chi connectivity index (χ2v) is 9.98. The van der Waals surface area contributed by atoms with Gasteiger partial charge in [0.05, 0.1) is 21.4 Å². The lowest BCUT2D eigenvalue weighted by Crippen LogP contribution is -2.50. The molecule has 1 aromatic carbocycles. The van der Waals surface area contributed by atoms with Gasteiger partial charge >= 0.3 is 0 Å². The van der Waals surface area contributed by atoms with E-state index in [1.165, 1.54) is 28.8 Å². The number of sulfonamides is 1. The van der Waals surface area contributed by atoms with Gasteiger partial charge in [-0.05, 0) is 53.2 Å². The fourth-order valence-corrected chi connectivity index (χ4v) is 5.77. The molecule has 0 unspecified atom stereocenters. The first-order valence-corrected chi connectivity index (χ1v) is 11.1. The number of rotatable bonds is 4. The number of hydrogen-bond acceptors (Lipinski definition) is 5. The van der Waals surface area contributed by atoms with Gasteiger partial charge < -0.3 is 9.64 Å². The highest BCUT2D eigenvalue weighted by Gasteiger charge is 2.31. The zero-order valence-electron chi connectivity index (χ0n) is 14.4. The SMILES string of the molecule is COc1ccc(S(=O)(=O)N2CCN(C(=O)c3ccc(C)s3)CC2)cc1Br. The highest BCUT2D eigenvalue weighted by Crippen LogP contribution is 2.29. The Kier molecular flexibility index (Phi) is 5.71. The molecule has 1 aliphatic heterocycles. The summed E-state index contributed by atoms with van der Waals surface area (Å²) in [6, 6.07) is 8.43. The predicted molar refractivity (Wildman–Crippen MR) is 104 cm³/mol. The van der Waals surface area contributed by atoms with Crippen molar-refractivity contribution >= 4 is 43.2 Å². The zero-order valence-corrected chi connectivity index (χ0v) is 17.7. The average Bonchev–Trinajstić information content (AvgIpc) is 3.07.